The van der Waals surface area contributed by atoms with Crippen molar-refractivity contribution in [3.8, 4) is 0 Å². The van der Waals surface area contributed by atoms with Crippen LogP contribution in [0.25, 0.3) is 11.0 Å². The minimum absolute atomic E-state index is 0.288. The number of nitrogens with one attached hydrogen (secondary N) is 1. The van der Waals surface area contributed by atoms with Crippen LogP contribution in [0.2, 0.25) is 0 Å². The topological polar surface area (TPSA) is 37.9 Å². The number of rotatable bonds is 3. The molecule has 1 aliphatic carbocycles. The van der Waals surface area contributed by atoms with E-state index in [1.54, 1.807) is 6.08 Å². The summed E-state index contributed by atoms with van der Waals surface area (Å²) in [6.07, 6.45) is 6.09. The average molecular weight is 295 g/mol. The predicted octanol–water partition coefficient (Wildman–Crippen LogP) is 4.10. The van der Waals surface area contributed by atoms with Crippen LogP contribution in [0.4, 0.5) is 0 Å². The van der Waals surface area contributed by atoms with E-state index in [9.17, 15) is 0 Å². The number of aromatic amines is 1. The third-order valence-corrected chi connectivity index (χ3v) is 3.99. The second-order valence-electron chi connectivity index (χ2n) is 4.36. The van der Waals surface area contributed by atoms with Gasteiger partial charge in [-0.2, -0.15) is 0 Å². The summed E-state index contributed by atoms with van der Waals surface area (Å²) in [5, 5.41) is -0.484. The number of alkyl halides is 1. The first-order valence-corrected chi connectivity index (χ1v) is 6.72. The summed E-state index contributed by atoms with van der Waals surface area (Å²) in [4.78, 5) is 7.63. The Bertz CT molecular complexity index is 629. The number of benzene rings is 1. The average Bonchev–Trinajstić information content (AvgIpc) is 2.83. The number of aromatic nitrogens is 2. The summed E-state index contributed by atoms with van der Waals surface area (Å²) in [7, 11) is 0. The molecule has 1 N–H and O–H groups in total. The van der Waals surface area contributed by atoms with Crippen molar-refractivity contribution in [3.63, 3.8) is 0 Å². The largest absolute Gasteiger partial charge is 0.346 e. The van der Waals surface area contributed by atoms with Crippen LogP contribution in [-0.4, -0.2) is 15.0 Å². The Kier molecular flexibility index (Phi) is 3.35. The number of halogens is 2. The van der Waals surface area contributed by atoms with Crippen molar-refractivity contribution >= 4 is 34.2 Å². The van der Waals surface area contributed by atoms with Crippen LogP contribution in [0.15, 0.2) is 47.5 Å². The van der Waals surface area contributed by atoms with Gasteiger partial charge in [0.05, 0.1) is 16.1 Å². The molecule has 0 fully saturated rings. The molecule has 0 saturated carbocycles. The number of allylic oxidation sites excluding steroid dienone is 2. The molecule has 1 aliphatic rings. The number of hydrogen-bond donors (Lipinski definition) is 1. The Morgan fingerprint density at radius 2 is 2.21 bits per heavy atom. The molecule has 3 rings (SSSR count). The molecule has 1 unspecified atom stereocenters. The highest BCUT2D eigenvalue weighted by Crippen LogP contribution is 2.36. The molecule has 1 atom stereocenters. The zero-order chi connectivity index (χ0) is 13.3. The van der Waals surface area contributed by atoms with Gasteiger partial charge in [-0.25, -0.2) is 4.98 Å². The van der Waals surface area contributed by atoms with E-state index in [0.717, 1.165) is 16.9 Å². The minimum atomic E-state index is -0.977. The molecule has 3 nitrogen and oxygen atoms in total. The zero-order valence-corrected chi connectivity index (χ0v) is 11.6. The number of nitrogens with zero attached hydrogens (tertiary/aromatic N) is 1. The SMILES string of the molecule is ClC1=CC=CCC1(Cl)OCc1nc2ccccc2[nH]1. The van der Waals surface area contributed by atoms with Crippen molar-refractivity contribution in [2.75, 3.05) is 0 Å². The van der Waals surface area contributed by atoms with Gasteiger partial charge in [0.1, 0.15) is 12.4 Å². The minimum Gasteiger partial charge on any atom is -0.346 e. The monoisotopic (exact) mass is 294 g/mol. The number of imidazole rings is 1. The predicted molar refractivity (Wildman–Crippen MR) is 77.2 cm³/mol. The third-order valence-electron chi connectivity index (χ3n) is 2.99. The van der Waals surface area contributed by atoms with E-state index in [2.05, 4.69) is 9.97 Å². The summed E-state index contributed by atoms with van der Waals surface area (Å²) in [5.74, 6) is 0.736. The van der Waals surface area contributed by atoms with Crippen LogP contribution in [0.5, 0.6) is 0 Å². The lowest BCUT2D eigenvalue weighted by Crippen LogP contribution is -2.26. The lowest BCUT2D eigenvalue weighted by Gasteiger charge is -2.27. The maximum absolute atomic E-state index is 6.36. The molecule has 2 aromatic rings. The quantitative estimate of drug-likeness (QED) is 0.866. The summed E-state index contributed by atoms with van der Waals surface area (Å²) in [5.41, 5.74) is 1.89. The van der Waals surface area contributed by atoms with Gasteiger partial charge in [0.25, 0.3) is 0 Å². The van der Waals surface area contributed by atoms with Gasteiger partial charge in [0.15, 0.2) is 5.06 Å². The van der Waals surface area contributed by atoms with Crippen molar-refractivity contribution < 1.29 is 4.74 Å². The standard InChI is InChI=1S/C14H12Cl2N2O/c15-12-7-3-4-8-14(12,16)19-9-13-17-10-5-1-2-6-11(10)18-13/h1-7H,8-9H2,(H,17,18). The molecule has 0 aliphatic heterocycles. The van der Waals surface area contributed by atoms with Crippen molar-refractivity contribution in [1.29, 1.82) is 0 Å². The van der Waals surface area contributed by atoms with E-state index in [1.807, 2.05) is 36.4 Å². The Labute approximate surface area is 120 Å². The molecular formula is C14H12Cl2N2O. The van der Waals surface area contributed by atoms with Crippen molar-refractivity contribution in [3.05, 3.63) is 53.4 Å². The summed E-state index contributed by atoms with van der Waals surface area (Å²) < 4.78 is 5.72. The molecule has 1 heterocycles. The van der Waals surface area contributed by atoms with Crippen LogP contribution < -0.4 is 0 Å². The van der Waals surface area contributed by atoms with E-state index < -0.39 is 5.06 Å². The molecule has 5 heteroatoms. The fourth-order valence-electron chi connectivity index (χ4n) is 1.98. The lowest BCUT2D eigenvalue weighted by molar-refractivity contribution is 0.0353. The Morgan fingerprint density at radius 1 is 1.37 bits per heavy atom. The van der Waals surface area contributed by atoms with Gasteiger partial charge in [0.2, 0.25) is 0 Å². The maximum Gasteiger partial charge on any atom is 0.181 e. The molecule has 0 saturated heterocycles. The van der Waals surface area contributed by atoms with Gasteiger partial charge in [-0.15, -0.1) is 0 Å². The van der Waals surface area contributed by atoms with Gasteiger partial charge < -0.3 is 9.72 Å². The van der Waals surface area contributed by atoms with Crippen LogP contribution in [0, 0.1) is 0 Å². The molecule has 98 valence electrons. The number of ether oxygens (including phenoxy) is 1. The van der Waals surface area contributed by atoms with Crippen molar-refractivity contribution in [2.45, 2.75) is 18.1 Å². The van der Waals surface area contributed by atoms with Gasteiger partial charge >= 0.3 is 0 Å². The number of hydrogen-bond acceptors (Lipinski definition) is 2. The van der Waals surface area contributed by atoms with Gasteiger partial charge in [0, 0.05) is 6.42 Å². The van der Waals surface area contributed by atoms with Crippen molar-refractivity contribution in [1.82, 2.24) is 9.97 Å². The highest BCUT2D eigenvalue weighted by atomic mass is 35.5. The maximum atomic E-state index is 6.36. The van der Waals surface area contributed by atoms with Crippen LogP contribution >= 0.6 is 23.2 Å². The zero-order valence-electron chi connectivity index (χ0n) is 10.1. The van der Waals surface area contributed by atoms with Gasteiger partial charge in [-0.3, -0.25) is 0 Å². The molecule has 19 heavy (non-hydrogen) atoms. The molecule has 1 aromatic carbocycles. The molecule has 0 radical (unpaired) electrons. The fourth-order valence-corrected chi connectivity index (χ4v) is 2.39. The number of para-hydroxylation sites is 2. The first-order chi connectivity index (χ1) is 9.17. The van der Waals surface area contributed by atoms with E-state index in [-0.39, 0.29) is 6.61 Å². The normalized spacial score (nSPS) is 22.7. The third kappa shape index (κ3) is 2.54. The smallest absolute Gasteiger partial charge is 0.181 e. The Morgan fingerprint density at radius 3 is 3.00 bits per heavy atom. The van der Waals surface area contributed by atoms with Gasteiger partial charge in [-0.1, -0.05) is 47.5 Å². The molecule has 0 spiro atoms. The van der Waals surface area contributed by atoms with Crippen LogP contribution in [-0.2, 0) is 11.3 Å². The molecule has 0 bridgehead atoms. The highest BCUT2D eigenvalue weighted by molar-refractivity contribution is 6.39. The van der Waals surface area contributed by atoms with E-state index in [4.69, 9.17) is 27.9 Å². The fraction of sp³-hybridized carbons (Fsp3) is 0.214. The van der Waals surface area contributed by atoms with E-state index in [1.165, 1.54) is 0 Å². The first kappa shape index (κ1) is 12.7. The Balaban J connectivity index is 1.75. The van der Waals surface area contributed by atoms with Crippen LogP contribution in [0.3, 0.4) is 0 Å². The Hall–Kier alpha value is -1.29. The summed E-state index contributed by atoms with van der Waals surface area (Å²) in [6, 6.07) is 7.82. The first-order valence-electron chi connectivity index (χ1n) is 5.97. The summed E-state index contributed by atoms with van der Waals surface area (Å²) in [6.45, 7) is 0.288. The molecular weight excluding hydrogens is 283 g/mol. The number of H-pyrrole nitrogens is 1. The van der Waals surface area contributed by atoms with Crippen molar-refractivity contribution in [2.24, 2.45) is 0 Å². The van der Waals surface area contributed by atoms with Crippen LogP contribution in [0.1, 0.15) is 12.2 Å². The second-order valence-corrected chi connectivity index (χ2v) is 5.38. The van der Waals surface area contributed by atoms with E-state index in [0.29, 0.717) is 11.5 Å². The lowest BCUT2D eigenvalue weighted by atomic mass is 10.1. The second kappa shape index (κ2) is 5.00. The highest BCUT2D eigenvalue weighted by Gasteiger charge is 2.32. The van der Waals surface area contributed by atoms with E-state index >= 15 is 0 Å². The number of fused-ring (bicyclic) bond motifs is 1. The molecule has 0 amide bonds. The van der Waals surface area contributed by atoms with Gasteiger partial charge in [-0.05, 0) is 18.2 Å². The summed E-state index contributed by atoms with van der Waals surface area (Å²) >= 11 is 12.4. The molecule has 1 aromatic heterocycles.